The SMILES string of the molecule is C1=C2SCN=C2CCS1. The van der Waals surface area contributed by atoms with Gasteiger partial charge in [0.1, 0.15) is 0 Å². The lowest BCUT2D eigenvalue weighted by molar-refractivity contribution is 1.27. The van der Waals surface area contributed by atoms with Gasteiger partial charge in [-0.2, -0.15) is 0 Å². The minimum Gasteiger partial charge on any atom is -0.277 e. The molecular formula is C6H7NS2. The first kappa shape index (κ1) is 5.86. The van der Waals surface area contributed by atoms with E-state index in [0.717, 1.165) is 5.88 Å². The number of hydrogen-bond donors (Lipinski definition) is 0. The molecule has 48 valence electrons. The summed E-state index contributed by atoms with van der Waals surface area (Å²) < 4.78 is 0. The van der Waals surface area contributed by atoms with Crippen molar-refractivity contribution in [2.45, 2.75) is 6.42 Å². The fraction of sp³-hybridized carbons (Fsp3) is 0.500. The lowest BCUT2D eigenvalue weighted by Crippen LogP contribution is -2.01. The number of rotatable bonds is 0. The van der Waals surface area contributed by atoms with Crippen molar-refractivity contribution in [3.05, 3.63) is 10.3 Å². The van der Waals surface area contributed by atoms with E-state index in [1.165, 1.54) is 22.8 Å². The summed E-state index contributed by atoms with van der Waals surface area (Å²) in [6.45, 7) is 0. The standard InChI is InChI=1S/C6H7NS2/c1-2-8-3-6-5(1)7-4-9-6/h3H,1-2,4H2. The first-order chi connectivity index (χ1) is 4.47. The summed E-state index contributed by atoms with van der Waals surface area (Å²) in [5, 5.41) is 2.24. The van der Waals surface area contributed by atoms with E-state index < -0.39 is 0 Å². The summed E-state index contributed by atoms with van der Waals surface area (Å²) in [6.07, 6.45) is 1.18. The highest BCUT2D eigenvalue weighted by Crippen LogP contribution is 2.32. The van der Waals surface area contributed by atoms with Gasteiger partial charge in [-0.05, 0) is 11.8 Å². The average Bonchev–Trinajstić information content (AvgIpc) is 2.33. The molecule has 2 heterocycles. The Morgan fingerprint density at radius 1 is 1.56 bits per heavy atom. The zero-order valence-corrected chi connectivity index (χ0v) is 6.60. The first-order valence-electron chi connectivity index (χ1n) is 2.95. The van der Waals surface area contributed by atoms with Crippen molar-refractivity contribution in [1.29, 1.82) is 0 Å². The maximum Gasteiger partial charge on any atom is 0.0894 e. The third-order valence-corrected chi connectivity index (χ3v) is 3.32. The zero-order valence-electron chi connectivity index (χ0n) is 4.96. The lowest BCUT2D eigenvalue weighted by Gasteiger charge is -2.06. The summed E-state index contributed by atoms with van der Waals surface area (Å²) in [5.74, 6) is 2.19. The van der Waals surface area contributed by atoms with Crippen LogP contribution in [0.1, 0.15) is 6.42 Å². The van der Waals surface area contributed by atoms with Crippen LogP contribution in [0.5, 0.6) is 0 Å². The minimum atomic E-state index is 0.960. The van der Waals surface area contributed by atoms with Gasteiger partial charge in [-0.3, -0.25) is 4.99 Å². The number of hydrogen-bond acceptors (Lipinski definition) is 3. The van der Waals surface area contributed by atoms with E-state index in [9.17, 15) is 0 Å². The molecule has 0 fully saturated rings. The molecule has 0 aromatic heterocycles. The summed E-state index contributed by atoms with van der Waals surface area (Å²) >= 11 is 3.77. The molecule has 0 aromatic carbocycles. The third kappa shape index (κ3) is 1.03. The highest BCUT2D eigenvalue weighted by atomic mass is 32.2. The predicted octanol–water partition coefficient (Wildman–Crippen LogP) is 2.11. The summed E-state index contributed by atoms with van der Waals surface area (Å²) in [5.41, 5.74) is 1.35. The van der Waals surface area contributed by atoms with Gasteiger partial charge in [-0.15, -0.1) is 11.8 Å². The number of thioether (sulfide) groups is 2. The Kier molecular flexibility index (Phi) is 1.55. The summed E-state index contributed by atoms with van der Waals surface area (Å²) in [6, 6.07) is 0. The lowest BCUT2D eigenvalue weighted by atomic mass is 10.3. The van der Waals surface area contributed by atoms with Gasteiger partial charge in [0.15, 0.2) is 0 Å². The number of aliphatic imine (C=N–C) groups is 1. The second-order valence-corrected chi connectivity index (χ2v) is 3.95. The topological polar surface area (TPSA) is 12.4 Å². The van der Waals surface area contributed by atoms with Crippen LogP contribution in [-0.2, 0) is 0 Å². The molecule has 0 bridgehead atoms. The quantitative estimate of drug-likeness (QED) is 0.534. The molecule has 0 aromatic rings. The summed E-state index contributed by atoms with van der Waals surface area (Å²) in [4.78, 5) is 5.78. The molecule has 0 saturated heterocycles. The normalized spacial score (nSPS) is 24.9. The maximum atomic E-state index is 4.36. The van der Waals surface area contributed by atoms with E-state index in [1.807, 2.05) is 23.5 Å². The van der Waals surface area contributed by atoms with Crippen molar-refractivity contribution in [1.82, 2.24) is 0 Å². The van der Waals surface area contributed by atoms with Gasteiger partial charge < -0.3 is 0 Å². The van der Waals surface area contributed by atoms with E-state index in [0.29, 0.717) is 0 Å². The van der Waals surface area contributed by atoms with Crippen LogP contribution in [0.3, 0.4) is 0 Å². The minimum absolute atomic E-state index is 0.960. The van der Waals surface area contributed by atoms with Gasteiger partial charge in [0.25, 0.3) is 0 Å². The maximum absolute atomic E-state index is 4.36. The molecule has 0 saturated carbocycles. The first-order valence-corrected chi connectivity index (χ1v) is 4.98. The molecule has 0 atom stereocenters. The molecule has 2 aliphatic heterocycles. The largest absolute Gasteiger partial charge is 0.277 e. The number of fused-ring (bicyclic) bond motifs is 1. The van der Waals surface area contributed by atoms with E-state index in [4.69, 9.17) is 0 Å². The molecule has 0 radical (unpaired) electrons. The highest BCUT2D eigenvalue weighted by molar-refractivity contribution is 8.07. The van der Waals surface area contributed by atoms with Crippen LogP contribution >= 0.6 is 23.5 Å². The Hall–Kier alpha value is 0.110. The molecule has 0 amide bonds. The van der Waals surface area contributed by atoms with Gasteiger partial charge in [0.2, 0.25) is 0 Å². The van der Waals surface area contributed by atoms with Gasteiger partial charge in [0, 0.05) is 10.7 Å². The van der Waals surface area contributed by atoms with Crippen LogP contribution in [0.2, 0.25) is 0 Å². The fourth-order valence-electron chi connectivity index (χ4n) is 0.935. The van der Waals surface area contributed by atoms with Gasteiger partial charge in [-0.25, -0.2) is 0 Å². The second-order valence-electron chi connectivity index (χ2n) is 1.98. The average molecular weight is 157 g/mol. The van der Waals surface area contributed by atoms with Crippen molar-refractivity contribution in [3.8, 4) is 0 Å². The van der Waals surface area contributed by atoms with Crippen LogP contribution in [0.4, 0.5) is 0 Å². The second kappa shape index (κ2) is 2.39. The molecule has 0 unspecified atom stereocenters. The third-order valence-electron chi connectivity index (χ3n) is 1.41. The van der Waals surface area contributed by atoms with Crippen molar-refractivity contribution < 1.29 is 0 Å². The monoisotopic (exact) mass is 157 g/mol. The van der Waals surface area contributed by atoms with Crippen LogP contribution in [0.25, 0.3) is 0 Å². The smallest absolute Gasteiger partial charge is 0.0894 e. The molecular weight excluding hydrogens is 150 g/mol. The summed E-state index contributed by atoms with van der Waals surface area (Å²) in [7, 11) is 0. The number of allylic oxidation sites excluding steroid dienone is 1. The fourth-order valence-corrected chi connectivity index (χ4v) is 2.82. The van der Waals surface area contributed by atoms with Crippen LogP contribution in [0, 0.1) is 0 Å². The van der Waals surface area contributed by atoms with E-state index >= 15 is 0 Å². The van der Waals surface area contributed by atoms with Gasteiger partial charge in [0.05, 0.1) is 11.6 Å². The zero-order chi connectivity index (χ0) is 6.10. The molecule has 0 spiro atoms. The predicted molar refractivity (Wildman–Crippen MR) is 45.1 cm³/mol. The van der Waals surface area contributed by atoms with E-state index in [-0.39, 0.29) is 0 Å². The highest BCUT2D eigenvalue weighted by Gasteiger charge is 2.16. The van der Waals surface area contributed by atoms with E-state index in [2.05, 4.69) is 10.4 Å². The molecule has 3 heteroatoms. The molecule has 2 aliphatic rings. The molecule has 0 N–H and O–H groups in total. The Morgan fingerprint density at radius 3 is 3.44 bits per heavy atom. The molecule has 1 nitrogen and oxygen atoms in total. The van der Waals surface area contributed by atoms with Crippen LogP contribution in [0.15, 0.2) is 15.3 Å². The molecule has 2 rings (SSSR count). The Labute approximate surface area is 63.0 Å². The van der Waals surface area contributed by atoms with Crippen LogP contribution in [-0.4, -0.2) is 17.3 Å². The van der Waals surface area contributed by atoms with Crippen molar-refractivity contribution in [2.24, 2.45) is 4.99 Å². The Bertz CT molecular complexity index is 183. The van der Waals surface area contributed by atoms with Gasteiger partial charge in [-0.1, -0.05) is 11.8 Å². The molecule has 0 aliphatic carbocycles. The number of nitrogens with zero attached hydrogens (tertiary/aromatic N) is 1. The van der Waals surface area contributed by atoms with Crippen molar-refractivity contribution >= 4 is 29.2 Å². The Morgan fingerprint density at radius 2 is 2.56 bits per heavy atom. The van der Waals surface area contributed by atoms with E-state index in [1.54, 1.807) is 0 Å². The van der Waals surface area contributed by atoms with Crippen LogP contribution < -0.4 is 0 Å². The Balaban J connectivity index is 2.30. The van der Waals surface area contributed by atoms with Crippen molar-refractivity contribution in [3.63, 3.8) is 0 Å². The molecule has 9 heavy (non-hydrogen) atoms. The van der Waals surface area contributed by atoms with Crippen molar-refractivity contribution in [2.75, 3.05) is 11.6 Å². The van der Waals surface area contributed by atoms with Gasteiger partial charge >= 0.3 is 0 Å².